The maximum Gasteiger partial charge on any atom is 0.141 e. The molecule has 0 aromatic heterocycles. The molecule has 1 aromatic rings. The number of methoxy groups -OCH3 is 1. The van der Waals surface area contributed by atoms with Crippen LogP contribution in [0.3, 0.4) is 0 Å². The predicted octanol–water partition coefficient (Wildman–Crippen LogP) is 2.45. The molecule has 0 spiro atoms. The molecule has 0 fully saturated rings. The van der Waals surface area contributed by atoms with Gasteiger partial charge < -0.3 is 14.8 Å². The molecule has 84 valence electrons. The fourth-order valence-corrected chi connectivity index (χ4v) is 1.36. The predicted molar refractivity (Wildman–Crippen MR) is 62.7 cm³/mol. The topological polar surface area (TPSA) is 30.5 Å². The third-order valence-electron chi connectivity index (χ3n) is 2.12. The van der Waals surface area contributed by atoms with Crippen molar-refractivity contribution in [2.45, 2.75) is 13.8 Å². The van der Waals surface area contributed by atoms with Crippen LogP contribution in [0.1, 0.15) is 12.5 Å². The molecule has 1 aromatic carbocycles. The Hall–Kier alpha value is -1.22. The normalized spacial score (nSPS) is 10.1. The van der Waals surface area contributed by atoms with Crippen molar-refractivity contribution in [2.24, 2.45) is 0 Å². The SMILES string of the molecule is CCOCCNc1cc(C)ccc1OC. The lowest BCUT2D eigenvalue weighted by Crippen LogP contribution is -2.10. The average molecular weight is 209 g/mol. The van der Waals surface area contributed by atoms with E-state index in [1.165, 1.54) is 5.56 Å². The van der Waals surface area contributed by atoms with Crippen LogP contribution in [0.15, 0.2) is 18.2 Å². The van der Waals surface area contributed by atoms with Gasteiger partial charge in [0.1, 0.15) is 5.75 Å². The van der Waals surface area contributed by atoms with Crippen LogP contribution >= 0.6 is 0 Å². The Bertz CT molecular complexity index is 300. The number of hydrogen-bond acceptors (Lipinski definition) is 3. The van der Waals surface area contributed by atoms with Gasteiger partial charge in [-0.1, -0.05) is 6.07 Å². The van der Waals surface area contributed by atoms with Crippen molar-refractivity contribution < 1.29 is 9.47 Å². The molecule has 0 bridgehead atoms. The van der Waals surface area contributed by atoms with E-state index in [1.807, 2.05) is 19.1 Å². The molecule has 0 saturated carbocycles. The van der Waals surface area contributed by atoms with Crippen molar-refractivity contribution in [1.82, 2.24) is 0 Å². The fourth-order valence-electron chi connectivity index (χ4n) is 1.36. The molecule has 3 heteroatoms. The van der Waals surface area contributed by atoms with Gasteiger partial charge in [-0.3, -0.25) is 0 Å². The van der Waals surface area contributed by atoms with Crippen molar-refractivity contribution in [3.05, 3.63) is 23.8 Å². The first-order valence-electron chi connectivity index (χ1n) is 5.24. The van der Waals surface area contributed by atoms with Crippen LogP contribution in [0.4, 0.5) is 5.69 Å². The minimum Gasteiger partial charge on any atom is -0.495 e. The van der Waals surface area contributed by atoms with Crippen molar-refractivity contribution in [3.8, 4) is 5.75 Å². The maximum absolute atomic E-state index is 5.26. The molecule has 0 aliphatic carbocycles. The molecule has 0 radical (unpaired) electrons. The van der Waals surface area contributed by atoms with E-state index in [9.17, 15) is 0 Å². The minimum absolute atomic E-state index is 0.716. The van der Waals surface area contributed by atoms with Crippen LogP contribution in [-0.2, 0) is 4.74 Å². The van der Waals surface area contributed by atoms with Crippen LogP contribution in [0.2, 0.25) is 0 Å². The van der Waals surface area contributed by atoms with E-state index < -0.39 is 0 Å². The molecule has 0 atom stereocenters. The zero-order valence-corrected chi connectivity index (χ0v) is 9.67. The summed E-state index contributed by atoms with van der Waals surface area (Å²) in [4.78, 5) is 0. The van der Waals surface area contributed by atoms with Gasteiger partial charge >= 0.3 is 0 Å². The third-order valence-corrected chi connectivity index (χ3v) is 2.12. The number of rotatable bonds is 6. The van der Waals surface area contributed by atoms with Crippen molar-refractivity contribution in [2.75, 3.05) is 32.2 Å². The summed E-state index contributed by atoms with van der Waals surface area (Å²) in [6.45, 7) is 6.33. The summed E-state index contributed by atoms with van der Waals surface area (Å²) in [5, 5.41) is 3.29. The second-order valence-corrected chi connectivity index (χ2v) is 3.33. The first-order chi connectivity index (χ1) is 7.27. The number of anilines is 1. The van der Waals surface area contributed by atoms with E-state index in [2.05, 4.69) is 18.3 Å². The summed E-state index contributed by atoms with van der Waals surface area (Å²) in [7, 11) is 1.68. The lowest BCUT2D eigenvalue weighted by atomic mass is 10.2. The van der Waals surface area contributed by atoms with E-state index in [0.717, 1.165) is 24.6 Å². The van der Waals surface area contributed by atoms with Gasteiger partial charge in [0, 0.05) is 13.2 Å². The van der Waals surface area contributed by atoms with Crippen LogP contribution in [-0.4, -0.2) is 26.9 Å². The van der Waals surface area contributed by atoms with Gasteiger partial charge in [-0.2, -0.15) is 0 Å². The summed E-state index contributed by atoms with van der Waals surface area (Å²) >= 11 is 0. The van der Waals surface area contributed by atoms with E-state index in [-0.39, 0.29) is 0 Å². The minimum atomic E-state index is 0.716. The highest BCUT2D eigenvalue weighted by Gasteiger charge is 2.01. The Morgan fingerprint density at radius 3 is 2.80 bits per heavy atom. The van der Waals surface area contributed by atoms with E-state index in [4.69, 9.17) is 9.47 Å². The van der Waals surface area contributed by atoms with Gasteiger partial charge in [-0.05, 0) is 31.5 Å². The first-order valence-corrected chi connectivity index (χ1v) is 5.24. The molecule has 1 rings (SSSR count). The van der Waals surface area contributed by atoms with Crippen LogP contribution in [0.25, 0.3) is 0 Å². The molecular weight excluding hydrogens is 190 g/mol. The molecule has 0 aliphatic heterocycles. The summed E-state index contributed by atoms with van der Waals surface area (Å²) in [6, 6.07) is 6.08. The standard InChI is InChI=1S/C12H19NO2/c1-4-15-8-7-13-11-9-10(2)5-6-12(11)14-3/h5-6,9,13H,4,7-8H2,1-3H3. The van der Waals surface area contributed by atoms with E-state index in [0.29, 0.717) is 6.61 Å². The lowest BCUT2D eigenvalue weighted by molar-refractivity contribution is 0.158. The quantitative estimate of drug-likeness (QED) is 0.730. The van der Waals surface area contributed by atoms with Gasteiger partial charge in [0.25, 0.3) is 0 Å². The van der Waals surface area contributed by atoms with Crippen LogP contribution in [0, 0.1) is 6.92 Å². The molecule has 0 heterocycles. The van der Waals surface area contributed by atoms with E-state index >= 15 is 0 Å². The van der Waals surface area contributed by atoms with Gasteiger partial charge in [-0.15, -0.1) is 0 Å². The van der Waals surface area contributed by atoms with Gasteiger partial charge in [0.2, 0.25) is 0 Å². The highest BCUT2D eigenvalue weighted by Crippen LogP contribution is 2.24. The molecule has 0 amide bonds. The Kier molecular flexibility index (Phi) is 4.98. The third kappa shape index (κ3) is 3.80. The molecule has 3 nitrogen and oxygen atoms in total. The largest absolute Gasteiger partial charge is 0.495 e. The number of hydrogen-bond donors (Lipinski definition) is 1. The molecule has 15 heavy (non-hydrogen) atoms. The van der Waals surface area contributed by atoms with Crippen LogP contribution in [0.5, 0.6) is 5.75 Å². The second kappa shape index (κ2) is 6.30. The van der Waals surface area contributed by atoms with Gasteiger partial charge in [-0.25, -0.2) is 0 Å². The number of benzene rings is 1. The number of aryl methyl sites for hydroxylation is 1. The Morgan fingerprint density at radius 2 is 2.13 bits per heavy atom. The fraction of sp³-hybridized carbons (Fsp3) is 0.500. The highest BCUT2D eigenvalue weighted by molar-refractivity contribution is 5.57. The maximum atomic E-state index is 5.26. The van der Waals surface area contributed by atoms with Crippen molar-refractivity contribution in [3.63, 3.8) is 0 Å². The van der Waals surface area contributed by atoms with Crippen molar-refractivity contribution >= 4 is 5.69 Å². The summed E-state index contributed by atoms with van der Waals surface area (Å²) in [5.41, 5.74) is 2.24. The molecule has 0 unspecified atom stereocenters. The molecular formula is C12H19NO2. The lowest BCUT2D eigenvalue weighted by Gasteiger charge is -2.11. The molecule has 0 saturated heterocycles. The zero-order chi connectivity index (χ0) is 11.1. The van der Waals surface area contributed by atoms with E-state index in [1.54, 1.807) is 7.11 Å². The zero-order valence-electron chi connectivity index (χ0n) is 9.67. The Morgan fingerprint density at radius 1 is 1.33 bits per heavy atom. The summed E-state index contributed by atoms with van der Waals surface area (Å²) in [5.74, 6) is 0.872. The van der Waals surface area contributed by atoms with Gasteiger partial charge in [0.05, 0.1) is 19.4 Å². The first kappa shape index (κ1) is 11.9. The molecule has 0 aliphatic rings. The number of nitrogens with one attached hydrogen (secondary N) is 1. The smallest absolute Gasteiger partial charge is 0.141 e. The summed E-state index contributed by atoms with van der Waals surface area (Å²) < 4.78 is 10.5. The second-order valence-electron chi connectivity index (χ2n) is 3.33. The Balaban J connectivity index is 2.54. The van der Waals surface area contributed by atoms with Crippen LogP contribution < -0.4 is 10.1 Å². The molecule has 1 N–H and O–H groups in total. The van der Waals surface area contributed by atoms with Crippen molar-refractivity contribution in [1.29, 1.82) is 0 Å². The average Bonchev–Trinajstić information content (AvgIpc) is 2.25. The summed E-state index contributed by atoms with van der Waals surface area (Å²) in [6.07, 6.45) is 0. The Labute approximate surface area is 91.4 Å². The van der Waals surface area contributed by atoms with Gasteiger partial charge in [0.15, 0.2) is 0 Å². The monoisotopic (exact) mass is 209 g/mol. The number of ether oxygens (including phenoxy) is 2. The highest BCUT2D eigenvalue weighted by atomic mass is 16.5.